The number of nitrogens with two attached hydrogens (primary N) is 1. The van der Waals surface area contributed by atoms with Gasteiger partial charge in [-0.1, -0.05) is 51.1 Å². The lowest BCUT2D eigenvalue weighted by Gasteiger charge is -2.43. The molecule has 4 rings (SSSR count). The van der Waals surface area contributed by atoms with E-state index in [0.717, 1.165) is 23.8 Å². The highest BCUT2D eigenvalue weighted by molar-refractivity contribution is 7.91. The first-order valence-corrected chi connectivity index (χ1v) is 15.8. The molecule has 0 bridgehead atoms. The van der Waals surface area contributed by atoms with Crippen LogP contribution in [0, 0.1) is 17.0 Å². The molecular weight excluding hydrogens is 586 g/mol. The Balaban J connectivity index is 1.88. The number of rotatable bonds is 9. The fraction of sp³-hybridized carbons (Fsp3) is 0.467. The minimum atomic E-state index is -3.33. The van der Waals surface area contributed by atoms with Gasteiger partial charge in [0, 0.05) is 31.4 Å². The van der Waals surface area contributed by atoms with Crippen LogP contribution in [0.15, 0.2) is 54.7 Å². The maximum Gasteiger partial charge on any atom is 0.320 e. The molecular formula is C30H37F4N5O3S. The van der Waals surface area contributed by atoms with Crippen LogP contribution < -0.4 is 5.73 Å². The first-order valence-electron chi connectivity index (χ1n) is 14.0. The van der Waals surface area contributed by atoms with Crippen molar-refractivity contribution in [2.45, 2.75) is 45.6 Å². The number of sulfone groups is 1. The van der Waals surface area contributed by atoms with Crippen molar-refractivity contribution in [3.05, 3.63) is 77.8 Å². The zero-order valence-corrected chi connectivity index (χ0v) is 25.2. The number of imidazole rings is 1. The summed E-state index contributed by atoms with van der Waals surface area (Å²) in [7, 11) is -3.33. The first kappa shape index (κ1) is 32.5. The molecule has 0 spiro atoms. The van der Waals surface area contributed by atoms with E-state index in [0.29, 0.717) is 0 Å². The van der Waals surface area contributed by atoms with E-state index in [1.165, 1.54) is 9.80 Å². The Kier molecular flexibility index (Phi) is 9.85. The number of nitrogens with zero attached hydrogens (tertiary/aromatic N) is 4. The van der Waals surface area contributed by atoms with E-state index < -0.39 is 64.4 Å². The van der Waals surface area contributed by atoms with Crippen molar-refractivity contribution in [3.63, 3.8) is 0 Å². The van der Waals surface area contributed by atoms with Crippen LogP contribution in [0.4, 0.5) is 22.4 Å². The van der Waals surface area contributed by atoms with Gasteiger partial charge in [0.2, 0.25) is 0 Å². The SMILES string of the molecule is CC(C)(C)[C@H](c1nc(-c2cc(F)ccc2F)cn1Cc1ccccc1)N(C[C@@H](F)[C@H](N)CF)C(=O)N1CCS(=O)(=O)CC1. The summed E-state index contributed by atoms with van der Waals surface area (Å²) in [5, 5.41) is 0. The normalized spacial score (nSPS) is 17.3. The molecule has 1 fully saturated rings. The lowest BCUT2D eigenvalue weighted by molar-refractivity contribution is 0.0617. The number of urea groups is 1. The summed E-state index contributed by atoms with van der Waals surface area (Å²) in [5.41, 5.74) is 5.72. The quantitative estimate of drug-likeness (QED) is 0.347. The van der Waals surface area contributed by atoms with Crippen LogP contribution in [0.1, 0.15) is 38.2 Å². The predicted molar refractivity (Wildman–Crippen MR) is 156 cm³/mol. The van der Waals surface area contributed by atoms with Crippen molar-refractivity contribution in [1.82, 2.24) is 19.4 Å². The van der Waals surface area contributed by atoms with Gasteiger partial charge in [0.05, 0.1) is 35.8 Å². The number of amides is 2. The summed E-state index contributed by atoms with van der Waals surface area (Å²) < 4.78 is 83.8. The smallest absolute Gasteiger partial charge is 0.320 e. The highest BCUT2D eigenvalue weighted by atomic mass is 32.2. The second kappa shape index (κ2) is 13.0. The van der Waals surface area contributed by atoms with E-state index in [1.807, 2.05) is 51.1 Å². The van der Waals surface area contributed by atoms with Crippen LogP contribution in [-0.2, 0) is 16.4 Å². The van der Waals surface area contributed by atoms with Gasteiger partial charge in [-0.25, -0.2) is 35.8 Å². The molecule has 0 unspecified atom stereocenters. The molecule has 43 heavy (non-hydrogen) atoms. The molecule has 2 heterocycles. The summed E-state index contributed by atoms with van der Waals surface area (Å²) in [5.74, 6) is -1.61. The van der Waals surface area contributed by atoms with Gasteiger partial charge < -0.3 is 20.1 Å². The van der Waals surface area contributed by atoms with Crippen LogP contribution in [0.3, 0.4) is 0 Å². The number of hydrogen-bond acceptors (Lipinski definition) is 5. The monoisotopic (exact) mass is 623 g/mol. The van der Waals surface area contributed by atoms with Crippen molar-refractivity contribution in [3.8, 4) is 11.3 Å². The summed E-state index contributed by atoms with van der Waals surface area (Å²) >= 11 is 0. The highest BCUT2D eigenvalue weighted by Gasteiger charge is 2.42. The molecule has 0 saturated carbocycles. The van der Waals surface area contributed by atoms with Gasteiger partial charge in [-0.3, -0.25) is 0 Å². The van der Waals surface area contributed by atoms with Crippen molar-refractivity contribution in [2.24, 2.45) is 11.1 Å². The third-order valence-corrected chi connectivity index (χ3v) is 9.07. The maximum absolute atomic E-state index is 15.4. The number of halogens is 4. The van der Waals surface area contributed by atoms with E-state index in [1.54, 1.807) is 10.8 Å². The van der Waals surface area contributed by atoms with Crippen LogP contribution in [0.2, 0.25) is 0 Å². The summed E-state index contributed by atoms with van der Waals surface area (Å²) in [6.45, 7) is 3.71. The average molecular weight is 624 g/mol. The molecule has 8 nitrogen and oxygen atoms in total. The van der Waals surface area contributed by atoms with Gasteiger partial charge >= 0.3 is 6.03 Å². The summed E-state index contributed by atoms with van der Waals surface area (Å²) in [4.78, 5) is 21.3. The number of carbonyl (C=O) groups excluding carboxylic acids is 1. The van der Waals surface area contributed by atoms with Crippen LogP contribution in [0.5, 0.6) is 0 Å². The summed E-state index contributed by atoms with van der Waals surface area (Å²) in [6, 6.07) is 9.14. The van der Waals surface area contributed by atoms with Crippen LogP contribution >= 0.6 is 0 Å². The second-order valence-corrected chi connectivity index (χ2v) is 14.2. The van der Waals surface area contributed by atoms with Gasteiger partial charge in [-0.2, -0.15) is 0 Å². The first-order chi connectivity index (χ1) is 20.2. The largest absolute Gasteiger partial charge is 0.328 e. The summed E-state index contributed by atoms with van der Waals surface area (Å²) in [6.07, 6.45) is -0.403. The Morgan fingerprint density at radius 2 is 1.74 bits per heavy atom. The topological polar surface area (TPSA) is 102 Å². The van der Waals surface area contributed by atoms with E-state index >= 15 is 4.39 Å². The molecule has 0 radical (unpaired) electrons. The molecule has 2 aromatic carbocycles. The average Bonchev–Trinajstić information content (AvgIpc) is 3.35. The molecule has 1 aliphatic rings. The van der Waals surface area contributed by atoms with Crippen molar-refractivity contribution >= 4 is 15.9 Å². The Morgan fingerprint density at radius 3 is 2.35 bits per heavy atom. The molecule has 2 N–H and O–H groups in total. The van der Waals surface area contributed by atoms with Gasteiger partial charge in [0.25, 0.3) is 0 Å². The molecule has 1 saturated heterocycles. The van der Waals surface area contributed by atoms with E-state index in [4.69, 9.17) is 10.7 Å². The Morgan fingerprint density at radius 1 is 1.09 bits per heavy atom. The molecule has 13 heteroatoms. The second-order valence-electron chi connectivity index (χ2n) is 11.9. The van der Waals surface area contributed by atoms with E-state index in [-0.39, 0.29) is 48.2 Å². The molecule has 234 valence electrons. The number of hydrogen-bond donors (Lipinski definition) is 1. The third kappa shape index (κ3) is 7.74. The van der Waals surface area contributed by atoms with Crippen LogP contribution in [0.25, 0.3) is 11.3 Å². The number of carbonyl (C=O) groups is 1. The standard InChI is InChI=1S/C30H37F4N5O3S/c1-30(2,3)27(39(18-24(34)25(35)16-31)29(40)37-11-13-43(41,42)14-12-37)28-36-26(22-15-21(32)9-10-23(22)33)19-38(28)17-20-7-5-4-6-8-20/h4-10,15,19,24-25,27H,11-14,16-18,35H2,1-3H3/t24-,25-,27+/m1/s1. The van der Waals surface area contributed by atoms with Gasteiger partial charge in [-0.15, -0.1) is 0 Å². The van der Waals surface area contributed by atoms with E-state index in [2.05, 4.69) is 0 Å². The van der Waals surface area contributed by atoms with Gasteiger partial charge in [-0.05, 0) is 29.2 Å². The molecule has 3 atom stereocenters. The number of alkyl halides is 2. The fourth-order valence-electron chi connectivity index (χ4n) is 5.17. The highest BCUT2D eigenvalue weighted by Crippen LogP contribution is 2.40. The van der Waals surface area contributed by atoms with Crippen molar-refractivity contribution < 1.29 is 30.8 Å². The van der Waals surface area contributed by atoms with E-state index in [9.17, 15) is 26.4 Å². The minimum absolute atomic E-state index is 0.0948. The van der Waals surface area contributed by atoms with Gasteiger partial charge in [0.15, 0.2) is 9.84 Å². The zero-order chi connectivity index (χ0) is 31.5. The lowest BCUT2D eigenvalue weighted by Crippen LogP contribution is -2.55. The lowest BCUT2D eigenvalue weighted by atomic mass is 9.84. The Hall–Kier alpha value is -3.45. The Bertz CT molecular complexity index is 1510. The van der Waals surface area contributed by atoms with Gasteiger partial charge in [0.1, 0.15) is 30.3 Å². The number of benzene rings is 2. The maximum atomic E-state index is 15.4. The van der Waals surface area contributed by atoms with Crippen molar-refractivity contribution in [2.75, 3.05) is 37.8 Å². The molecule has 0 aliphatic carbocycles. The predicted octanol–water partition coefficient (Wildman–Crippen LogP) is 4.75. The third-order valence-electron chi connectivity index (χ3n) is 7.46. The minimum Gasteiger partial charge on any atom is -0.328 e. The molecule has 1 aromatic heterocycles. The molecule has 2 amide bonds. The molecule has 3 aromatic rings. The number of aromatic nitrogens is 2. The van der Waals surface area contributed by atoms with Crippen LogP contribution in [-0.4, -0.2) is 83.8 Å². The van der Waals surface area contributed by atoms with Crippen molar-refractivity contribution in [1.29, 1.82) is 0 Å². The fourth-order valence-corrected chi connectivity index (χ4v) is 6.37. The zero-order valence-electron chi connectivity index (χ0n) is 24.4. The molecule has 1 aliphatic heterocycles. The Labute approximate surface area is 249 Å².